The molecule has 0 rings (SSSR count). The maximum atomic E-state index is 8.28. The molecule has 0 atom stereocenters. The lowest BCUT2D eigenvalue weighted by Crippen LogP contribution is -1.88. The van der Waals surface area contributed by atoms with Gasteiger partial charge in [0.05, 0.1) is 0 Å². The summed E-state index contributed by atoms with van der Waals surface area (Å²) in [5.41, 5.74) is 2.54. The van der Waals surface area contributed by atoms with Crippen LogP contribution >= 0.6 is 0 Å². The second-order valence-electron chi connectivity index (χ2n) is 4.11. The number of ether oxygens (including phenoxy) is 1. The summed E-state index contributed by atoms with van der Waals surface area (Å²) >= 11 is 0. The summed E-state index contributed by atoms with van der Waals surface area (Å²) < 4.78 is 4.52. The van der Waals surface area contributed by atoms with E-state index in [0.717, 1.165) is 16.7 Å². The largest absolute Gasteiger partial charge is 0.389 e. The molecule has 0 spiro atoms. The Kier molecular flexibility index (Phi) is 6.92. The van der Waals surface area contributed by atoms with Gasteiger partial charge in [0.2, 0.25) is 0 Å². The summed E-state index contributed by atoms with van der Waals surface area (Å²) in [6, 6.07) is 0. The molecule has 0 heterocycles. The van der Waals surface area contributed by atoms with E-state index in [1.165, 1.54) is 0 Å². The summed E-state index contributed by atoms with van der Waals surface area (Å²) in [4.78, 5) is 0. The fourth-order valence-electron chi connectivity index (χ4n) is 0.900. The number of allylic oxidation sites excluding steroid dienone is 7. The molecule has 0 aliphatic rings. The molecule has 0 unspecified atom stereocenters. The van der Waals surface area contributed by atoms with Crippen molar-refractivity contribution in [2.75, 3.05) is 0 Å². The van der Waals surface area contributed by atoms with Crippen molar-refractivity contribution in [3.63, 3.8) is 0 Å². The van der Waals surface area contributed by atoms with E-state index in [4.69, 9.17) is 5.26 Å². The Hall–Kier alpha value is -2.27. The lowest BCUT2D eigenvalue weighted by molar-refractivity contribution is 0.395. The molecular weight excluding hydrogens is 222 g/mol. The van der Waals surface area contributed by atoms with Crippen LogP contribution in [0.1, 0.15) is 13.8 Å². The van der Waals surface area contributed by atoms with Gasteiger partial charge in [0, 0.05) is 0 Å². The van der Waals surface area contributed by atoms with E-state index >= 15 is 0 Å². The van der Waals surface area contributed by atoms with Crippen molar-refractivity contribution in [1.82, 2.24) is 0 Å². The Balaban J connectivity index is 4.46. The van der Waals surface area contributed by atoms with E-state index in [1.54, 1.807) is 18.4 Å². The normalized spacial score (nSPS) is 10.6. The molecule has 2 nitrogen and oxygen atoms in total. The minimum Gasteiger partial charge on any atom is -0.389 e. The molecule has 18 heavy (non-hydrogen) atoms. The second kappa shape index (κ2) is 7.92. The van der Waals surface area contributed by atoms with Gasteiger partial charge < -0.3 is 4.74 Å². The third-order valence-electron chi connectivity index (χ3n) is 2.30. The Labute approximate surface area is 110 Å². The molecule has 0 N–H and O–H groups in total. The molecular formula is C16H19NO. The summed E-state index contributed by atoms with van der Waals surface area (Å²) in [5, 5.41) is 8.28. The highest BCUT2D eigenvalue weighted by molar-refractivity contribution is 5.45. The predicted molar refractivity (Wildman–Crippen MR) is 76.4 cm³/mol. The van der Waals surface area contributed by atoms with Gasteiger partial charge in [-0.25, -0.2) is 0 Å². The Morgan fingerprint density at radius 2 is 1.50 bits per heavy atom. The van der Waals surface area contributed by atoms with Crippen LogP contribution in [-0.4, -0.2) is 0 Å². The highest BCUT2D eigenvalue weighted by Gasteiger charge is 1.96. The molecule has 0 saturated heterocycles. The zero-order chi connectivity index (χ0) is 14.1. The van der Waals surface area contributed by atoms with Gasteiger partial charge in [-0.2, -0.15) is 0 Å². The van der Waals surface area contributed by atoms with Gasteiger partial charge in [-0.15, -0.1) is 5.26 Å². The highest BCUT2D eigenvalue weighted by Crippen LogP contribution is 2.14. The number of hydrogen-bond acceptors (Lipinski definition) is 2. The first-order valence-electron chi connectivity index (χ1n) is 5.56. The van der Waals surface area contributed by atoms with Crippen LogP contribution in [0.5, 0.6) is 0 Å². The van der Waals surface area contributed by atoms with Crippen molar-refractivity contribution in [1.29, 1.82) is 5.26 Å². The van der Waals surface area contributed by atoms with E-state index in [0.29, 0.717) is 5.92 Å². The lowest BCUT2D eigenvalue weighted by Gasteiger charge is -2.04. The predicted octanol–water partition coefficient (Wildman–Crippen LogP) is 4.43. The molecule has 0 aromatic heterocycles. The first-order chi connectivity index (χ1) is 8.38. The van der Waals surface area contributed by atoms with Crippen molar-refractivity contribution in [3.05, 3.63) is 73.1 Å². The van der Waals surface area contributed by atoms with E-state index in [-0.39, 0.29) is 5.76 Å². The van der Waals surface area contributed by atoms with Crippen molar-refractivity contribution >= 4 is 0 Å². The molecule has 0 aliphatic heterocycles. The number of rotatable bonds is 7. The fourth-order valence-corrected chi connectivity index (χ4v) is 0.900. The van der Waals surface area contributed by atoms with E-state index in [1.807, 2.05) is 12.2 Å². The van der Waals surface area contributed by atoms with Gasteiger partial charge >= 0.3 is 0 Å². The molecule has 0 saturated carbocycles. The van der Waals surface area contributed by atoms with Crippen LogP contribution in [0.25, 0.3) is 0 Å². The van der Waals surface area contributed by atoms with E-state index in [9.17, 15) is 0 Å². The average Bonchev–Trinajstić information content (AvgIpc) is 2.32. The van der Waals surface area contributed by atoms with Crippen molar-refractivity contribution in [2.24, 2.45) is 5.92 Å². The quantitative estimate of drug-likeness (QED) is 0.375. The van der Waals surface area contributed by atoms with Crippen molar-refractivity contribution < 1.29 is 4.74 Å². The van der Waals surface area contributed by atoms with Crippen LogP contribution in [0.2, 0.25) is 0 Å². The van der Waals surface area contributed by atoms with Crippen molar-refractivity contribution in [2.45, 2.75) is 13.8 Å². The minimum absolute atomic E-state index is 0.266. The number of hydrogen-bond donors (Lipinski definition) is 0. The molecule has 0 bridgehead atoms. The minimum atomic E-state index is 0.266. The maximum Gasteiger partial charge on any atom is 0.292 e. The van der Waals surface area contributed by atoms with Gasteiger partial charge in [-0.1, -0.05) is 64.0 Å². The monoisotopic (exact) mass is 241 g/mol. The molecule has 2 heteroatoms. The number of nitrogens with zero attached hydrogens (tertiary/aromatic N) is 1. The maximum absolute atomic E-state index is 8.28. The smallest absolute Gasteiger partial charge is 0.292 e. The summed E-state index contributed by atoms with van der Waals surface area (Å²) in [7, 11) is 0. The summed E-state index contributed by atoms with van der Waals surface area (Å²) in [5.74, 6) is 0.670. The molecule has 0 aliphatic carbocycles. The second-order valence-corrected chi connectivity index (χ2v) is 4.11. The molecule has 0 aromatic carbocycles. The Bertz CT molecular complexity index is 456. The van der Waals surface area contributed by atoms with Gasteiger partial charge in [-0.05, 0) is 23.1 Å². The van der Waals surface area contributed by atoms with Crippen LogP contribution in [0.4, 0.5) is 0 Å². The van der Waals surface area contributed by atoms with Crippen LogP contribution in [0, 0.1) is 17.4 Å². The Morgan fingerprint density at radius 1 is 1.00 bits per heavy atom. The van der Waals surface area contributed by atoms with Gasteiger partial charge in [0.15, 0.2) is 0 Å². The lowest BCUT2D eigenvalue weighted by atomic mass is 10.0. The standard InChI is InChI=1S/C16H19NO/c1-12(2)13(3)7-8-14(4)15(5)9-10-16(6)18-11-17/h7-10,12H,3-6H2,1-2H3/b8-7-,10-9-. The third-order valence-corrected chi connectivity index (χ3v) is 2.30. The van der Waals surface area contributed by atoms with Crippen molar-refractivity contribution in [3.8, 4) is 6.26 Å². The topological polar surface area (TPSA) is 33.0 Å². The molecule has 94 valence electrons. The molecule has 0 amide bonds. The average molecular weight is 241 g/mol. The fraction of sp³-hybridized carbons (Fsp3) is 0.188. The van der Waals surface area contributed by atoms with Crippen LogP contribution in [-0.2, 0) is 4.74 Å². The molecule has 0 aromatic rings. The third kappa shape index (κ3) is 6.34. The zero-order valence-corrected chi connectivity index (χ0v) is 11.1. The Morgan fingerprint density at radius 3 is 1.94 bits per heavy atom. The van der Waals surface area contributed by atoms with Crippen LogP contribution in [0.3, 0.4) is 0 Å². The highest BCUT2D eigenvalue weighted by atomic mass is 16.5. The molecule has 0 radical (unpaired) electrons. The molecule has 0 fully saturated rings. The first kappa shape index (κ1) is 15.7. The summed E-state index contributed by atoms with van der Waals surface area (Å²) in [6.07, 6.45) is 8.60. The van der Waals surface area contributed by atoms with Crippen LogP contribution < -0.4 is 0 Å². The number of nitriles is 1. The van der Waals surface area contributed by atoms with E-state index < -0.39 is 0 Å². The summed E-state index contributed by atoms with van der Waals surface area (Å²) in [6.45, 7) is 19.4. The zero-order valence-electron chi connectivity index (χ0n) is 11.1. The van der Waals surface area contributed by atoms with Gasteiger partial charge in [0.25, 0.3) is 6.26 Å². The first-order valence-corrected chi connectivity index (χ1v) is 5.56. The van der Waals surface area contributed by atoms with Gasteiger partial charge in [-0.3, -0.25) is 0 Å². The SMILES string of the molecule is C=C(/C=C\C(=C)C(=C)/C=C\C(=C)C(C)C)OC#N. The van der Waals surface area contributed by atoms with Gasteiger partial charge in [0.1, 0.15) is 5.76 Å². The van der Waals surface area contributed by atoms with Crippen LogP contribution in [0.15, 0.2) is 73.1 Å². The van der Waals surface area contributed by atoms with E-state index in [2.05, 4.69) is 44.9 Å².